The van der Waals surface area contributed by atoms with Gasteiger partial charge in [-0.05, 0) is 42.0 Å². The summed E-state index contributed by atoms with van der Waals surface area (Å²) in [7, 11) is 1.58. The molecule has 0 aliphatic carbocycles. The second-order valence-electron chi connectivity index (χ2n) is 4.63. The number of aliphatic hydroxyl groups excluding tert-OH is 1. The molecule has 2 aromatic rings. The minimum Gasteiger partial charge on any atom is -0.497 e. The van der Waals surface area contributed by atoms with Crippen molar-refractivity contribution < 1.29 is 14.6 Å². The van der Waals surface area contributed by atoms with Crippen LogP contribution in [0.2, 0.25) is 5.02 Å². The Bertz CT molecular complexity index is 614. The summed E-state index contributed by atoms with van der Waals surface area (Å²) in [5, 5.41) is 15.9. The molecule has 2 amide bonds. The Labute approximate surface area is 133 Å². The van der Waals surface area contributed by atoms with Crippen LogP contribution in [0.5, 0.6) is 5.75 Å². The van der Waals surface area contributed by atoms with E-state index in [1.165, 1.54) is 0 Å². The molecule has 22 heavy (non-hydrogen) atoms. The monoisotopic (exact) mass is 320 g/mol. The highest BCUT2D eigenvalue weighted by atomic mass is 35.5. The van der Waals surface area contributed by atoms with Gasteiger partial charge in [0.1, 0.15) is 5.75 Å². The van der Waals surface area contributed by atoms with Gasteiger partial charge in [-0.2, -0.15) is 0 Å². The van der Waals surface area contributed by atoms with E-state index in [1.54, 1.807) is 55.6 Å². The zero-order valence-electron chi connectivity index (χ0n) is 12.0. The van der Waals surface area contributed by atoms with Gasteiger partial charge in [0.2, 0.25) is 0 Å². The standard InChI is InChI=1S/C16H17ClN2O3/c1-22-14-8-6-13(7-9-14)19-16(21)18-10-15(20)11-2-4-12(17)5-3-11/h2-9,15,20H,10H2,1H3,(H2,18,19,21)/t15-/m1/s1. The van der Waals surface area contributed by atoms with E-state index in [4.69, 9.17) is 16.3 Å². The van der Waals surface area contributed by atoms with Crippen LogP contribution in [0.1, 0.15) is 11.7 Å². The summed E-state index contributed by atoms with van der Waals surface area (Å²) in [6.07, 6.45) is -0.793. The fourth-order valence-electron chi connectivity index (χ4n) is 1.84. The number of carbonyl (C=O) groups excluding carboxylic acids is 1. The normalized spacial score (nSPS) is 11.6. The molecule has 0 unspecified atom stereocenters. The lowest BCUT2D eigenvalue weighted by molar-refractivity contribution is 0.175. The maximum absolute atomic E-state index is 11.8. The van der Waals surface area contributed by atoms with Crippen LogP contribution in [0.15, 0.2) is 48.5 Å². The fraction of sp³-hybridized carbons (Fsp3) is 0.188. The number of halogens is 1. The van der Waals surface area contributed by atoms with E-state index in [1.807, 2.05) is 0 Å². The number of nitrogens with one attached hydrogen (secondary N) is 2. The molecule has 0 aliphatic rings. The Hall–Kier alpha value is -2.24. The van der Waals surface area contributed by atoms with Crippen LogP contribution in [0.3, 0.4) is 0 Å². The van der Waals surface area contributed by atoms with Crippen molar-refractivity contribution in [3.8, 4) is 5.75 Å². The molecule has 1 atom stereocenters. The number of rotatable bonds is 5. The summed E-state index contributed by atoms with van der Waals surface area (Å²) in [5.41, 5.74) is 1.33. The van der Waals surface area contributed by atoms with Gasteiger partial charge in [-0.3, -0.25) is 0 Å². The number of urea groups is 1. The summed E-state index contributed by atoms with van der Waals surface area (Å²) < 4.78 is 5.04. The SMILES string of the molecule is COc1ccc(NC(=O)NC[C@@H](O)c2ccc(Cl)cc2)cc1. The molecule has 0 saturated carbocycles. The van der Waals surface area contributed by atoms with E-state index in [9.17, 15) is 9.90 Å². The zero-order valence-corrected chi connectivity index (χ0v) is 12.8. The van der Waals surface area contributed by atoms with Crippen molar-refractivity contribution in [2.75, 3.05) is 19.0 Å². The highest BCUT2D eigenvalue weighted by Gasteiger charge is 2.09. The summed E-state index contributed by atoms with van der Waals surface area (Å²) in [6.45, 7) is 0.101. The lowest BCUT2D eigenvalue weighted by Crippen LogP contribution is -2.32. The summed E-state index contributed by atoms with van der Waals surface area (Å²) in [4.78, 5) is 11.8. The lowest BCUT2D eigenvalue weighted by atomic mass is 10.1. The van der Waals surface area contributed by atoms with Crippen LogP contribution in [-0.2, 0) is 0 Å². The van der Waals surface area contributed by atoms with Gasteiger partial charge in [0.05, 0.1) is 13.2 Å². The third kappa shape index (κ3) is 4.65. The minimum atomic E-state index is -0.793. The van der Waals surface area contributed by atoms with E-state index in [0.29, 0.717) is 22.0 Å². The molecule has 0 aliphatic heterocycles. The number of methoxy groups -OCH3 is 1. The number of benzene rings is 2. The van der Waals surface area contributed by atoms with Crippen molar-refractivity contribution in [3.63, 3.8) is 0 Å². The third-order valence-corrected chi connectivity index (χ3v) is 3.31. The molecular weight excluding hydrogens is 304 g/mol. The second kappa shape index (κ2) is 7.68. The summed E-state index contributed by atoms with van der Waals surface area (Å²) in [5.74, 6) is 0.712. The smallest absolute Gasteiger partial charge is 0.319 e. The molecule has 0 heterocycles. The van der Waals surface area contributed by atoms with E-state index < -0.39 is 12.1 Å². The molecule has 116 valence electrons. The highest BCUT2D eigenvalue weighted by Crippen LogP contribution is 2.16. The van der Waals surface area contributed by atoms with Crippen LogP contribution < -0.4 is 15.4 Å². The lowest BCUT2D eigenvalue weighted by Gasteiger charge is -2.13. The van der Waals surface area contributed by atoms with Gasteiger partial charge in [0.15, 0.2) is 0 Å². The van der Waals surface area contributed by atoms with Crippen LogP contribution in [-0.4, -0.2) is 24.8 Å². The van der Waals surface area contributed by atoms with Gasteiger partial charge in [-0.25, -0.2) is 4.79 Å². The van der Waals surface area contributed by atoms with Crippen molar-refractivity contribution >= 4 is 23.3 Å². The molecule has 0 saturated heterocycles. The summed E-state index contributed by atoms with van der Waals surface area (Å²) in [6, 6.07) is 13.4. The molecule has 0 bridgehead atoms. The number of hydrogen-bond acceptors (Lipinski definition) is 3. The third-order valence-electron chi connectivity index (χ3n) is 3.06. The Morgan fingerprint density at radius 1 is 1.18 bits per heavy atom. The van der Waals surface area contributed by atoms with Gasteiger partial charge < -0.3 is 20.5 Å². The Morgan fingerprint density at radius 2 is 1.82 bits per heavy atom. The molecule has 2 rings (SSSR count). The van der Waals surface area contributed by atoms with Crippen LogP contribution in [0, 0.1) is 0 Å². The molecule has 0 radical (unpaired) electrons. The largest absolute Gasteiger partial charge is 0.497 e. The van der Waals surface area contributed by atoms with Crippen molar-refractivity contribution in [3.05, 3.63) is 59.1 Å². The van der Waals surface area contributed by atoms with E-state index in [0.717, 1.165) is 0 Å². The molecule has 3 N–H and O–H groups in total. The number of amides is 2. The van der Waals surface area contributed by atoms with Gasteiger partial charge >= 0.3 is 6.03 Å². The Balaban J connectivity index is 1.82. The highest BCUT2D eigenvalue weighted by molar-refractivity contribution is 6.30. The molecular formula is C16H17ClN2O3. The minimum absolute atomic E-state index is 0.101. The van der Waals surface area contributed by atoms with Crippen LogP contribution >= 0.6 is 11.6 Å². The number of aliphatic hydroxyl groups is 1. The second-order valence-corrected chi connectivity index (χ2v) is 5.07. The van der Waals surface area contributed by atoms with Crippen molar-refractivity contribution in [1.82, 2.24) is 5.32 Å². The zero-order chi connectivity index (χ0) is 15.9. The predicted octanol–water partition coefficient (Wildman–Crippen LogP) is 3.20. The van der Waals surface area contributed by atoms with Gasteiger partial charge in [-0.15, -0.1) is 0 Å². The molecule has 6 heteroatoms. The van der Waals surface area contributed by atoms with Gasteiger partial charge in [0, 0.05) is 17.3 Å². The Kier molecular flexibility index (Phi) is 5.63. The first-order valence-corrected chi connectivity index (χ1v) is 7.08. The quantitative estimate of drug-likeness (QED) is 0.792. The maximum Gasteiger partial charge on any atom is 0.319 e. The average molecular weight is 321 g/mol. The van der Waals surface area contributed by atoms with Gasteiger partial charge in [0.25, 0.3) is 0 Å². The maximum atomic E-state index is 11.8. The van der Waals surface area contributed by atoms with Crippen molar-refractivity contribution in [2.24, 2.45) is 0 Å². The van der Waals surface area contributed by atoms with E-state index >= 15 is 0 Å². The first-order valence-electron chi connectivity index (χ1n) is 6.71. The number of hydrogen-bond donors (Lipinski definition) is 3. The molecule has 5 nitrogen and oxygen atoms in total. The molecule has 0 aromatic heterocycles. The first kappa shape index (κ1) is 16.1. The van der Waals surface area contributed by atoms with Crippen molar-refractivity contribution in [1.29, 1.82) is 0 Å². The first-order chi connectivity index (χ1) is 10.6. The average Bonchev–Trinajstić information content (AvgIpc) is 2.54. The molecule has 2 aromatic carbocycles. The van der Waals surface area contributed by atoms with E-state index in [2.05, 4.69) is 10.6 Å². The summed E-state index contributed by atoms with van der Waals surface area (Å²) >= 11 is 5.79. The number of anilines is 1. The van der Waals surface area contributed by atoms with Crippen molar-refractivity contribution in [2.45, 2.75) is 6.10 Å². The predicted molar refractivity (Wildman–Crippen MR) is 86.4 cm³/mol. The molecule has 0 spiro atoms. The van der Waals surface area contributed by atoms with Crippen LogP contribution in [0.25, 0.3) is 0 Å². The van der Waals surface area contributed by atoms with Crippen LogP contribution in [0.4, 0.5) is 10.5 Å². The van der Waals surface area contributed by atoms with E-state index in [-0.39, 0.29) is 6.54 Å². The van der Waals surface area contributed by atoms with Gasteiger partial charge in [-0.1, -0.05) is 23.7 Å². The Morgan fingerprint density at radius 3 is 2.41 bits per heavy atom. The molecule has 0 fully saturated rings. The number of ether oxygens (including phenoxy) is 1. The number of carbonyl (C=O) groups is 1. The topological polar surface area (TPSA) is 70.6 Å². The fourth-order valence-corrected chi connectivity index (χ4v) is 1.97.